The topological polar surface area (TPSA) is 84.7 Å². The molecule has 1 aromatic heterocycles. The third kappa shape index (κ3) is 3.34. The third-order valence-corrected chi connectivity index (χ3v) is 3.49. The lowest BCUT2D eigenvalue weighted by Gasteiger charge is -2.26. The van der Waals surface area contributed by atoms with E-state index in [2.05, 4.69) is 5.10 Å². The molecule has 0 spiro atoms. The molecule has 1 saturated heterocycles. The number of ether oxygens (including phenoxy) is 1. The number of hydrogen-bond donors (Lipinski definition) is 1. The molecule has 7 nitrogen and oxygen atoms in total. The van der Waals surface area contributed by atoms with Crippen LogP contribution in [0.1, 0.15) is 38.8 Å². The number of hydrogen-bond acceptors (Lipinski definition) is 4. The first-order valence-corrected chi connectivity index (χ1v) is 6.89. The van der Waals surface area contributed by atoms with Crippen molar-refractivity contribution in [2.75, 3.05) is 6.54 Å². The van der Waals surface area contributed by atoms with Gasteiger partial charge in [0.05, 0.1) is 0 Å². The van der Waals surface area contributed by atoms with Gasteiger partial charge in [-0.25, -0.2) is 9.59 Å². The Morgan fingerprint density at radius 1 is 1.43 bits per heavy atom. The average molecular weight is 295 g/mol. The van der Waals surface area contributed by atoms with Crippen molar-refractivity contribution in [3.8, 4) is 0 Å². The van der Waals surface area contributed by atoms with Crippen LogP contribution in [0.3, 0.4) is 0 Å². The molecule has 0 aromatic carbocycles. The van der Waals surface area contributed by atoms with Crippen molar-refractivity contribution in [3.63, 3.8) is 0 Å². The van der Waals surface area contributed by atoms with Crippen LogP contribution < -0.4 is 0 Å². The number of aromatic nitrogens is 2. The van der Waals surface area contributed by atoms with Crippen LogP contribution in [0.4, 0.5) is 4.79 Å². The molecule has 1 aromatic rings. The van der Waals surface area contributed by atoms with Crippen LogP contribution in [0.2, 0.25) is 0 Å². The number of carbonyl (C=O) groups excluding carboxylic acids is 1. The Balaban J connectivity index is 2.18. The van der Waals surface area contributed by atoms with Crippen molar-refractivity contribution in [1.82, 2.24) is 14.7 Å². The Kier molecular flexibility index (Phi) is 3.93. The normalized spacial score (nSPS) is 22.4. The molecule has 2 atom stereocenters. The molecule has 0 saturated carbocycles. The van der Waals surface area contributed by atoms with Crippen LogP contribution in [-0.2, 0) is 16.6 Å². The number of nitrogens with zero attached hydrogens (tertiary/aromatic N) is 3. The van der Waals surface area contributed by atoms with Crippen LogP contribution in [0.5, 0.6) is 0 Å². The molecule has 1 unspecified atom stereocenters. The minimum Gasteiger partial charge on any atom is -0.480 e. The first-order chi connectivity index (χ1) is 9.69. The highest BCUT2D eigenvalue weighted by molar-refractivity contribution is 5.81. The fourth-order valence-corrected chi connectivity index (χ4v) is 2.59. The molecule has 2 heterocycles. The van der Waals surface area contributed by atoms with Crippen molar-refractivity contribution < 1.29 is 19.4 Å². The SMILES string of the molecule is Cn1nccc1C1C[C@H](C(=O)O)N(C(=O)OC(C)(C)C)C1. The Bertz CT molecular complexity index is 547. The standard InChI is InChI=1S/C14H21N3O4/c1-14(2,3)21-13(20)17-8-9(7-11(17)12(18)19)10-5-6-15-16(10)4/h5-6,9,11H,7-8H2,1-4H3,(H,18,19)/t9?,11-/m1/s1. The predicted molar refractivity (Wildman–Crippen MR) is 74.9 cm³/mol. The van der Waals surface area contributed by atoms with E-state index < -0.39 is 23.7 Å². The van der Waals surface area contributed by atoms with Gasteiger partial charge < -0.3 is 9.84 Å². The summed E-state index contributed by atoms with van der Waals surface area (Å²) < 4.78 is 7.01. The number of carboxylic acid groups (broad SMARTS) is 1. The molecule has 116 valence electrons. The van der Waals surface area contributed by atoms with E-state index in [0.717, 1.165) is 5.69 Å². The highest BCUT2D eigenvalue weighted by Crippen LogP contribution is 2.32. The highest BCUT2D eigenvalue weighted by Gasteiger charge is 2.42. The summed E-state index contributed by atoms with van der Waals surface area (Å²) >= 11 is 0. The fraction of sp³-hybridized carbons (Fsp3) is 0.643. The van der Waals surface area contributed by atoms with Gasteiger partial charge in [-0.15, -0.1) is 0 Å². The van der Waals surface area contributed by atoms with Crippen LogP contribution in [0.25, 0.3) is 0 Å². The molecule has 0 radical (unpaired) electrons. The van der Waals surface area contributed by atoms with E-state index in [0.29, 0.717) is 13.0 Å². The Labute approximate surface area is 123 Å². The van der Waals surface area contributed by atoms with Gasteiger partial charge in [0.25, 0.3) is 0 Å². The van der Waals surface area contributed by atoms with Gasteiger partial charge in [0.15, 0.2) is 0 Å². The lowest BCUT2D eigenvalue weighted by atomic mass is 10.0. The smallest absolute Gasteiger partial charge is 0.411 e. The van der Waals surface area contributed by atoms with Crippen molar-refractivity contribution in [1.29, 1.82) is 0 Å². The molecule has 1 aliphatic rings. The third-order valence-electron chi connectivity index (χ3n) is 3.49. The molecular formula is C14H21N3O4. The number of aliphatic carboxylic acids is 1. The lowest BCUT2D eigenvalue weighted by Crippen LogP contribution is -2.43. The first kappa shape index (κ1) is 15.3. The summed E-state index contributed by atoms with van der Waals surface area (Å²) in [5.41, 5.74) is 0.275. The number of likely N-dealkylation sites (tertiary alicyclic amines) is 1. The van der Waals surface area contributed by atoms with E-state index in [1.807, 2.05) is 6.07 Å². The summed E-state index contributed by atoms with van der Waals surface area (Å²) in [6.07, 6.45) is 1.45. The highest BCUT2D eigenvalue weighted by atomic mass is 16.6. The minimum absolute atomic E-state index is 0.0499. The maximum Gasteiger partial charge on any atom is 0.411 e. The van der Waals surface area contributed by atoms with Gasteiger partial charge in [0.2, 0.25) is 0 Å². The second-order valence-corrected chi connectivity index (χ2v) is 6.30. The van der Waals surface area contributed by atoms with Crippen LogP contribution in [0, 0.1) is 0 Å². The van der Waals surface area contributed by atoms with Crippen LogP contribution >= 0.6 is 0 Å². The maximum atomic E-state index is 12.2. The first-order valence-electron chi connectivity index (χ1n) is 6.89. The molecular weight excluding hydrogens is 274 g/mol. The summed E-state index contributed by atoms with van der Waals surface area (Å²) in [4.78, 5) is 24.9. The second-order valence-electron chi connectivity index (χ2n) is 6.30. The average Bonchev–Trinajstić information content (AvgIpc) is 2.91. The zero-order chi connectivity index (χ0) is 15.8. The van der Waals surface area contributed by atoms with Gasteiger partial charge in [0, 0.05) is 31.4 Å². The fourth-order valence-electron chi connectivity index (χ4n) is 2.59. The van der Waals surface area contributed by atoms with Gasteiger partial charge >= 0.3 is 12.1 Å². The Hall–Kier alpha value is -2.05. The maximum absolute atomic E-state index is 12.2. The summed E-state index contributed by atoms with van der Waals surface area (Å²) in [7, 11) is 1.81. The van der Waals surface area contributed by atoms with Gasteiger partial charge in [-0.05, 0) is 33.3 Å². The largest absolute Gasteiger partial charge is 0.480 e. The quantitative estimate of drug-likeness (QED) is 0.895. The number of aryl methyl sites for hydroxylation is 1. The second kappa shape index (κ2) is 5.38. The monoisotopic (exact) mass is 295 g/mol. The molecule has 2 rings (SSSR count). The summed E-state index contributed by atoms with van der Waals surface area (Å²) in [5, 5.41) is 13.4. The number of rotatable bonds is 2. The van der Waals surface area contributed by atoms with Crippen LogP contribution in [-0.4, -0.2) is 50.0 Å². The number of carboxylic acids is 1. The molecule has 0 bridgehead atoms. The number of carbonyl (C=O) groups is 2. The van der Waals surface area contributed by atoms with E-state index in [1.54, 1.807) is 38.7 Å². The lowest BCUT2D eigenvalue weighted by molar-refractivity contribution is -0.142. The summed E-state index contributed by atoms with van der Waals surface area (Å²) in [5.74, 6) is -1.06. The van der Waals surface area contributed by atoms with E-state index in [9.17, 15) is 14.7 Å². The van der Waals surface area contributed by atoms with E-state index in [4.69, 9.17) is 4.74 Å². The summed E-state index contributed by atoms with van der Waals surface area (Å²) in [6, 6.07) is 0.988. The molecule has 1 aliphatic heterocycles. The molecule has 1 amide bonds. The molecule has 1 N–H and O–H groups in total. The summed E-state index contributed by atoms with van der Waals surface area (Å²) in [6.45, 7) is 5.60. The predicted octanol–water partition coefficient (Wildman–Crippen LogP) is 1.60. The Morgan fingerprint density at radius 2 is 2.10 bits per heavy atom. The van der Waals surface area contributed by atoms with Gasteiger partial charge in [-0.3, -0.25) is 9.58 Å². The van der Waals surface area contributed by atoms with Crippen molar-refractivity contribution in [2.45, 2.75) is 44.8 Å². The van der Waals surface area contributed by atoms with Gasteiger partial charge in [0.1, 0.15) is 11.6 Å². The molecule has 1 fully saturated rings. The molecule has 0 aliphatic carbocycles. The minimum atomic E-state index is -1.01. The van der Waals surface area contributed by atoms with Crippen molar-refractivity contribution in [3.05, 3.63) is 18.0 Å². The van der Waals surface area contributed by atoms with Crippen molar-refractivity contribution >= 4 is 12.1 Å². The zero-order valence-corrected chi connectivity index (χ0v) is 12.7. The van der Waals surface area contributed by atoms with E-state index >= 15 is 0 Å². The molecule has 7 heteroatoms. The van der Waals surface area contributed by atoms with Crippen LogP contribution in [0.15, 0.2) is 12.3 Å². The van der Waals surface area contributed by atoms with Crippen molar-refractivity contribution in [2.24, 2.45) is 7.05 Å². The van der Waals surface area contributed by atoms with E-state index in [1.165, 1.54) is 4.90 Å². The Morgan fingerprint density at radius 3 is 2.57 bits per heavy atom. The zero-order valence-electron chi connectivity index (χ0n) is 12.7. The van der Waals surface area contributed by atoms with Gasteiger partial charge in [-0.2, -0.15) is 5.10 Å². The van der Waals surface area contributed by atoms with E-state index in [-0.39, 0.29) is 5.92 Å². The number of amides is 1. The molecule has 21 heavy (non-hydrogen) atoms. The van der Waals surface area contributed by atoms with Gasteiger partial charge in [-0.1, -0.05) is 0 Å².